The van der Waals surface area contributed by atoms with Crippen LogP contribution >= 0.6 is 0 Å². The van der Waals surface area contributed by atoms with Crippen LogP contribution in [0.3, 0.4) is 0 Å². The van der Waals surface area contributed by atoms with Crippen molar-refractivity contribution in [2.24, 2.45) is 0 Å². The van der Waals surface area contributed by atoms with Gasteiger partial charge in [0.25, 0.3) is 0 Å². The Kier molecular flexibility index (Phi) is 0.411. The maximum absolute atomic E-state index is 4.72. The first-order chi connectivity index (χ1) is 2.43. The Morgan fingerprint density at radius 2 is 2.60 bits per heavy atom. The minimum absolute atomic E-state index is 0.872. The van der Waals surface area contributed by atoms with E-state index in [1.165, 1.54) is 0 Å². The minimum atomic E-state index is 0.872. The number of ether oxygens (including phenoxy) is 1. The topological polar surface area (TPSA) is 12.5 Å². The van der Waals surface area contributed by atoms with Crippen LogP contribution in [0.25, 0.3) is 0 Å². The molecule has 0 unspecified atom stereocenters. The predicted octanol–water partition coefficient (Wildman–Crippen LogP) is 0.920. The SMILES string of the molecule is C/C=C1/CO1. The highest BCUT2D eigenvalue weighted by molar-refractivity contribution is 5.01. The summed E-state index contributed by atoms with van der Waals surface area (Å²) in [6.45, 7) is 2.85. The van der Waals surface area contributed by atoms with Gasteiger partial charge >= 0.3 is 0 Å². The van der Waals surface area contributed by atoms with Crippen LogP contribution in [0.1, 0.15) is 6.92 Å². The molecule has 0 bridgehead atoms. The molecule has 0 aliphatic carbocycles. The van der Waals surface area contributed by atoms with Gasteiger partial charge in [-0.05, 0) is 13.0 Å². The van der Waals surface area contributed by atoms with Gasteiger partial charge in [0.1, 0.15) is 12.4 Å². The summed E-state index contributed by atoms with van der Waals surface area (Å²) >= 11 is 0. The Morgan fingerprint density at radius 1 is 2.00 bits per heavy atom. The van der Waals surface area contributed by atoms with E-state index in [0.29, 0.717) is 0 Å². The molecule has 5 heavy (non-hydrogen) atoms. The number of rotatable bonds is 0. The molecule has 0 saturated carbocycles. The van der Waals surface area contributed by atoms with Crippen LogP contribution in [0.4, 0.5) is 0 Å². The molecule has 0 spiro atoms. The van der Waals surface area contributed by atoms with Crippen molar-refractivity contribution >= 4 is 0 Å². The van der Waals surface area contributed by atoms with Crippen molar-refractivity contribution in [3.05, 3.63) is 11.8 Å². The van der Waals surface area contributed by atoms with E-state index < -0.39 is 0 Å². The van der Waals surface area contributed by atoms with Crippen molar-refractivity contribution in [3.63, 3.8) is 0 Å². The third kappa shape index (κ3) is 0.407. The molecule has 1 heteroatoms. The van der Waals surface area contributed by atoms with Crippen molar-refractivity contribution in [2.75, 3.05) is 6.61 Å². The van der Waals surface area contributed by atoms with Gasteiger partial charge in [-0.3, -0.25) is 0 Å². The van der Waals surface area contributed by atoms with E-state index in [1.54, 1.807) is 0 Å². The zero-order valence-corrected chi connectivity index (χ0v) is 3.19. The standard InChI is InChI=1S/C4H6O/c1-2-4-3-5-4/h2H,3H2,1H3/b4-2-. The summed E-state index contributed by atoms with van der Waals surface area (Å²) in [6.07, 6.45) is 1.97. The van der Waals surface area contributed by atoms with Crippen LogP contribution in [-0.2, 0) is 4.74 Å². The average molecular weight is 70.1 g/mol. The van der Waals surface area contributed by atoms with E-state index in [0.717, 1.165) is 12.4 Å². The molecular weight excluding hydrogens is 64.0 g/mol. The van der Waals surface area contributed by atoms with Crippen LogP contribution in [0.2, 0.25) is 0 Å². The lowest BCUT2D eigenvalue weighted by molar-refractivity contribution is 0.509. The second-order valence-corrected chi connectivity index (χ2v) is 1.04. The molecule has 1 rings (SSSR count). The second-order valence-electron chi connectivity index (χ2n) is 1.04. The Morgan fingerprint density at radius 3 is 2.60 bits per heavy atom. The largest absolute Gasteiger partial charge is 0.487 e. The van der Waals surface area contributed by atoms with Gasteiger partial charge < -0.3 is 4.74 Å². The Hall–Kier alpha value is -0.460. The summed E-state index contributed by atoms with van der Waals surface area (Å²) in [5.74, 6) is 1.13. The van der Waals surface area contributed by atoms with Gasteiger partial charge in [-0.1, -0.05) is 0 Å². The lowest BCUT2D eigenvalue weighted by Gasteiger charge is -1.50. The zero-order chi connectivity index (χ0) is 3.70. The minimum Gasteiger partial charge on any atom is -0.487 e. The lowest BCUT2D eigenvalue weighted by Crippen LogP contribution is -1.35. The number of hydrogen-bond acceptors (Lipinski definition) is 1. The van der Waals surface area contributed by atoms with Crippen molar-refractivity contribution in [2.45, 2.75) is 6.92 Å². The highest BCUT2D eigenvalue weighted by atomic mass is 16.6. The van der Waals surface area contributed by atoms with Gasteiger partial charge in [0.2, 0.25) is 0 Å². The van der Waals surface area contributed by atoms with E-state index in [2.05, 4.69) is 0 Å². The average Bonchev–Trinajstić information content (AvgIpc) is 2.12. The molecule has 0 aromatic carbocycles. The Balaban J connectivity index is 2.46. The first-order valence-corrected chi connectivity index (χ1v) is 1.71. The van der Waals surface area contributed by atoms with Crippen molar-refractivity contribution < 1.29 is 4.74 Å². The molecule has 1 aliphatic rings. The summed E-state index contributed by atoms with van der Waals surface area (Å²) < 4.78 is 4.72. The molecule has 1 heterocycles. The van der Waals surface area contributed by atoms with Gasteiger partial charge in [0.05, 0.1) is 0 Å². The Bertz CT molecular complexity index is 58.0. The molecule has 0 atom stereocenters. The summed E-state index contributed by atoms with van der Waals surface area (Å²) in [6, 6.07) is 0. The van der Waals surface area contributed by atoms with E-state index >= 15 is 0 Å². The smallest absolute Gasteiger partial charge is 0.145 e. The van der Waals surface area contributed by atoms with Gasteiger partial charge in [-0.2, -0.15) is 0 Å². The molecule has 0 amide bonds. The highest BCUT2D eigenvalue weighted by Crippen LogP contribution is 2.11. The zero-order valence-electron chi connectivity index (χ0n) is 3.19. The third-order valence-corrected chi connectivity index (χ3v) is 0.633. The van der Waals surface area contributed by atoms with Gasteiger partial charge in [-0.25, -0.2) is 0 Å². The first-order valence-electron chi connectivity index (χ1n) is 1.71. The monoisotopic (exact) mass is 70.0 g/mol. The molecular formula is C4H6O. The Labute approximate surface area is 31.3 Å². The van der Waals surface area contributed by atoms with E-state index in [4.69, 9.17) is 4.74 Å². The van der Waals surface area contributed by atoms with E-state index in [1.807, 2.05) is 13.0 Å². The van der Waals surface area contributed by atoms with Crippen molar-refractivity contribution in [1.29, 1.82) is 0 Å². The van der Waals surface area contributed by atoms with Gasteiger partial charge in [0, 0.05) is 0 Å². The summed E-state index contributed by atoms with van der Waals surface area (Å²) in [5.41, 5.74) is 0. The number of allylic oxidation sites excluding steroid dienone is 1. The summed E-state index contributed by atoms with van der Waals surface area (Å²) in [7, 11) is 0. The van der Waals surface area contributed by atoms with E-state index in [9.17, 15) is 0 Å². The highest BCUT2D eigenvalue weighted by Gasteiger charge is 2.08. The number of hydrogen-bond donors (Lipinski definition) is 0. The lowest BCUT2D eigenvalue weighted by atomic mass is 10.6. The molecule has 1 aliphatic heterocycles. The quantitative estimate of drug-likeness (QED) is 0.386. The molecule has 0 N–H and O–H groups in total. The fourth-order valence-corrected chi connectivity index (χ4v) is 0.208. The molecule has 1 nitrogen and oxygen atoms in total. The predicted molar refractivity (Wildman–Crippen MR) is 19.7 cm³/mol. The molecule has 28 valence electrons. The maximum Gasteiger partial charge on any atom is 0.145 e. The fraction of sp³-hybridized carbons (Fsp3) is 0.500. The van der Waals surface area contributed by atoms with Gasteiger partial charge in [0.15, 0.2) is 0 Å². The summed E-state index contributed by atoms with van der Waals surface area (Å²) in [5, 5.41) is 0. The maximum atomic E-state index is 4.72. The third-order valence-electron chi connectivity index (χ3n) is 0.633. The van der Waals surface area contributed by atoms with Crippen molar-refractivity contribution in [1.82, 2.24) is 0 Å². The number of epoxide rings is 1. The molecule has 0 radical (unpaired) electrons. The van der Waals surface area contributed by atoms with E-state index in [-0.39, 0.29) is 0 Å². The fourth-order valence-electron chi connectivity index (χ4n) is 0.208. The first kappa shape index (κ1) is 2.76. The second kappa shape index (κ2) is 0.744. The molecule has 0 aromatic heterocycles. The molecule has 1 saturated heterocycles. The summed E-state index contributed by atoms with van der Waals surface area (Å²) in [4.78, 5) is 0. The molecule has 1 fully saturated rings. The van der Waals surface area contributed by atoms with Crippen LogP contribution in [-0.4, -0.2) is 6.61 Å². The van der Waals surface area contributed by atoms with Crippen molar-refractivity contribution in [3.8, 4) is 0 Å². The molecule has 0 aromatic rings. The van der Waals surface area contributed by atoms with Crippen LogP contribution in [0.5, 0.6) is 0 Å². The normalized spacial score (nSPS) is 26.2. The van der Waals surface area contributed by atoms with Gasteiger partial charge in [-0.15, -0.1) is 0 Å². The van der Waals surface area contributed by atoms with Crippen LogP contribution in [0.15, 0.2) is 11.8 Å². The van der Waals surface area contributed by atoms with Crippen LogP contribution < -0.4 is 0 Å². The van der Waals surface area contributed by atoms with Crippen LogP contribution in [0, 0.1) is 0 Å².